The fourth-order valence-corrected chi connectivity index (χ4v) is 4.97. The van der Waals surface area contributed by atoms with Gasteiger partial charge in [-0.1, -0.05) is 11.6 Å². The lowest BCUT2D eigenvalue weighted by atomic mass is 10.1. The van der Waals surface area contributed by atoms with E-state index < -0.39 is 10.0 Å². The van der Waals surface area contributed by atoms with Crippen molar-refractivity contribution in [2.45, 2.75) is 30.2 Å². The lowest BCUT2D eigenvalue weighted by Crippen LogP contribution is -2.34. The van der Waals surface area contributed by atoms with Crippen LogP contribution in [0.5, 0.6) is 0 Å². The van der Waals surface area contributed by atoms with Gasteiger partial charge < -0.3 is 4.90 Å². The summed E-state index contributed by atoms with van der Waals surface area (Å²) in [6.07, 6.45) is 0.841. The van der Waals surface area contributed by atoms with Gasteiger partial charge in [0, 0.05) is 30.0 Å². The average Bonchev–Trinajstić information content (AvgIpc) is 2.91. The molecule has 7 heteroatoms. The topological polar surface area (TPSA) is 40.6 Å². The van der Waals surface area contributed by atoms with E-state index >= 15 is 0 Å². The maximum atomic E-state index is 12.8. The minimum Gasteiger partial charge on any atom is -0.305 e. The summed E-state index contributed by atoms with van der Waals surface area (Å²) in [6.45, 7) is 2.82. The molecule has 118 valence electrons. The predicted octanol–water partition coefficient (Wildman–Crippen LogP) is 2.71. The molecule has 1 saturated heterocycles. The predicted molar refractivity (Wildman–Crippen MR) is 86.6 cm³/mol. The smallest absolute Gasteiger partial charge is 0.243 e. The summed E-state index contributed by atoms with van der Waals surface area (Å²) in [5.74, 6) is 0.245. The van der Waals surface area contributed by atoms with Crippen LogP contribution in [-0.2, 0) is 15.9 Å². The zero-order chi connectivity index (χ0) is 15.8. The van der Waals surface area contributed by atoms with Crippen molar-refractivity contribution in [2.24, 2.45) is 0 Å². The van der Waals surface area contributed by atoms with Crippen LogP contribution in [-0.4, -0.2) is 50.8 Å². The molecular formula is C14H20Cl2N2O2S. The molecule has 1 fully saturated rings. The summed E-state index contributed by atoms with van der Waals surface area (Å²) < 4.78 is 27.2. The zero-order valence-electron chi connectivity index (χ0n) is 12.4. The SMILES string of the molecule is Cc1c(CCl)cc(Cl)cc1S(=O)(=O)N1CCC(N(C)C)C1. The van der Waals surface area contributed by atoms with Crippen LogP contribution in [0.3, 0.4) is 0 Å². The van der Waals surface area contributed by atoms with Gasteiger partial charge in [-0.25, -0.2) is 8.42 Å². The van der Waals surface area contributed by atoms with Crippen LogP contribution in [0.1, 0.15) is 17.5 Å². The van der Waals surface area contributed by atoms with Gasteiger partial charge in [-0.3, -0.25) is 0 Å². The normalized spacial score (nSPS) is 20.4. The van der Waals surface area contributed by atoms with Gasteiger partial charge >= 0.3 is 0 Å². The minimum absolute atomic E-state index is 0.245. The summed E-state index contributed by atoms with van der Waals surface area (Å²) in [5, 5.41) is 0.401. The molecule has 0 amide bonds. The molecule has 2 rings (SSSR count). The molecule has 21 heavy (non-hydrogen) atoms. The molecular weight excluding hydrogens is 331 g/mol. The molecule has 1 aromatic carbocycles. The second-order valence-corrected chi connectivity index (χ2v) is 8.20. The summed E-state index contributed by atoms with van der Waals surface area (Å²) in [5.41, 5.74) is 1.44. The molecule has 0 radical (unpaired) electrons. The van der Waals surface area contributed by atoms with Gasteiger partial charge in [0.25, 0.3) is 0 Å². The first-order chi connectivity index (χ1) is 9.77. The van der Waals surface area contributed by atoms with Crippen LogP contribution >= 0.6 is 23.2 Å². The third kappa shape index (κ3) is 3.37. The Morgan fingerprint density at radius 1 is 1.38 bits per heavy atom. The quantitative estimate of drug-likeness (QED) is 0.784. The van der Waals surface area contributed by atoms with E-state index in [2.05, 4.69) is 4.90 Å². The molecule has 0 bridgehead atoms. The molecule has 1 aliphatic heterocycles. The molecule has 4 nitrogen and oxygen atoms in total. The fourth-order valence-electron chi connectivity index (χ4n) is 2.60. The third-order valence-corrected chi connectivity index (χ3v) is 6.55. The fraction of sp³-hybridized carbons (Fsp3) is 0.571. The molecule has 1 aliphatic rings. The highest BCUT2D eigenvalue weighted by molar-refractivity contribution is 7.89. The van der Waals surface area contributed by atoms with E-state index in [1.54, 1.807) is 13.0 Å². The second kappa shape index (κ2) is 6.42. The Bertz CT molecular complexity index is 632. The van der Waals surface area contributed by atoms with E-state index in [0.29, 0.717) is 23.7 Å². The molecule has 0 spiro atoms. The lowest BCUT2D eigenvalue weighted by molar-refractivity contribution is 0.302. The molecule has 0 N–H and O–H groups in total. The first kappa shape index (κ1) is 17.0. The van der Waals surface area contributed by atoms with Crippen molar-refractivity contribution in [2.75, 3.05) is 27.2 Å². The third-order valence-electron chi connectivity index (χ3n) is 4.05. The number of halogens is 2. The molecule has 1 heterocycles. The van der Waals surface area contributed by atoms with Gasteiger partial charge in [0.1, 0.15) is 0 Å². The largest absolute Gasteiger partial charge is 0.305 e. The Hall–Kier alpha value is -0.330. The minimum atomic E-state index is -3.53. The van der Waals surface area contributed by atoms with Gasteiger partial charge in [-0.15, -0.1) is 11.6 Å². The first-order valence-corrected chi connectivity index (χ1v) is 9.14. The Balaban J connectivity index is 2.39. The first-order valence-electron chi connectivity index (χ1n) is 6.79. The van der Waals surface area contributed by atoms with Crippen LogP contribution in [0.2, 0.25) is 5.02 Å². The van der Waals surface area contributed by atoms with Crippen molar-refractivity contribution in [3.05, 3.63) is 28.3 Å². The van der Waals surface area contributed by atoms with Crippen molar-refractivity contribution in [3.8, 4) is 0 Å². The van der Waals surface area contributed by atoms with Crippen molar-refractivity contribution < 1.29 is 8.42 Å². The van der Waals surface area contributed by atoms with E-state index in [1.165, 1.54) is 10.4 Å². The molecule has 0 aromatic heterocycles. The van der Waals surface area contributed by atoms with Gasteiger partial charge in [-0.05, 0) is 50.7 Å². The number of hydrogen-bond donors (Lipinski definition) is 0. The Labute approximate surface area is 136 Å². The van der Waals surface area contributed by atoms with E-state index in [9.17, 15) is 8.42 Å². The number of rotatable bonds is 4. The molecule has 0 aliphatic carbocycles. The van der Waals surface area contributed by atoms with Gasteiger partial charge in [-0.2, -0.15) is 4.31 Å². The zero-order valence-corrected chi connectivity index (χ0v) is 14.8. The van der Waals surface area contributed by atoms with Crippen LogP contribution < -0.4 is 0 Å². The molecule has 1 unspecified atom stereocenters. The van der Waals surface area contributed by atoms with Gasteiger partial charge in [0.15, 0.2) is 0 Å². The highest BCUT2D eigenvalue weighted by atomic mass is 35.5. The maximum absolute atomic E-state index is 12.8. The van der Waals surface area contributed by atoms with Crippen LogP contribution in [0, 0.1) is 6.92 Å². The van der Waals surface area contributed by atoms with Crippen LogP contribution in [0.4, 0.5) is 0 Å². The molecule has 0 saturated carbocycles. The Kier molecular flexibility index (Phi) is 5.21. The average molecular weight is 351 g/mol. The van der Waals surface area contributed by atoms with Crippen molar-refractivity contribution in [1.29, 1.82) is 0 Å². The van der Waals surface area contributed by atoms with Crippen LogP contribution in [0.25, 0.3) is 0 Å². The van der Waals surface area contributed by atoms with Crippen LogP contribution in [0.15, 0.2) is 17.0 Å². The number of likely N-dealkylation sites (N-methyl/N-ethyl adjacent to an activating group) is 1. The van der Waals surface area contributed by atoms with Crippen molar-refractivity contribution in [1.82, 2.24) is 9.21 Å². The highest BCUT2D eigenvalue weighted by Crippen LogP contribution is 2.30. The number of hydrogen-bond acceptors (Lipinski definition) is 3. The summed E-state index contributed by atoms with van der Waals surface area (Å²) in [7, 11) is 0.411. The summed E-state index contributed by atoms with van der Waals surface area (Å²) >= 11 is 11.9. The van der Waals surface area contributed by atoms with Crippen molar-refractivity contribution in [3.63, 3.8) is 0 Å². The number of alkyl halides is 1. The lowest BCUT2D eigenvalue weighted by Gasteiger charge is -2.21. The number of nitrogens with zero attached hydrogens (tertiary/aromatic N) is 2. The Morgan fingerprint density at radius 3 is 2.57 bits per heavy atom. The number of sulfonamides is 1. The van der Waals surface area contributed by atoms with Crippen molar-refractivity contribution >= 4 is 33.2 Å². The Morgan fingerprint density at radius 2 is 2.05 bits per heavy atom. The van der Waals surface area contributed by atoms with Gasteiger partial charge in [0.05, 0.1) is 4.90 Å². The molecule has 1 atom stereocenters. The highest BCUT2D eigenvalue weighted by Gasteiger charge is 2.34. The van der Waals surface area contributed by atoms with Gasteiger partial charge in [0.2, 0.25) is 10.0 Å². The number of benzene rings is 1. The van der Waals surface area contributed by atoms with E-state index in [0.717, 1.165) is 12.0 Å². The van der Waals surface area contributed by atoms with E-state index in [4.69, 9.17) is 23.2 Å². The molecule has 1 aromatic rings. The maximum Gasteiger partial charge on any atom is 0.243 e. The van der Waals surface area contributed by atoms with E-state index in [-0.39, 0.29) is 16.8 Å². The van der Waals surface area contributed by atoms with E-state index in [1.807, 2.05) is 14.1 Å². The second-order valence-electron chi connectivity index (χ2n) is 5.59. The monoisotopic (exact) mass is 350 g/mol. The summed E-state index contributed by atoms with van der Waals surface area (Å²) in [6, 6.07) is 3.49. The standard InChI is InChI=1S/C14H20Cl2N2O2S/c1-10-11(8-15)6-12(16)7-14(10)21(19,20)18-5-4-13(9-18)17(2)3/h6-7,13H,4-5,8-9H2,1-3H3. The summed E-state index contributed by atoms with van der Waals surface area (Å²) in [4.78, 5) is 2.33.